The van der Waals surface area contributed by atoms with Crippen molar-refractivity contribution in [3.05, 3.63) is 44.8 Å². The molecule has 100 valence electrons. The third-order valence-electron chi connectivity index (χ3n) is 2.35. The zero-order valence-electron chi connectivity index (χ0n) is 9.77. The van der Waals surface area contributed by atoms with E-state index < -0.39 is 11.6 Å². The third kappa shape index (κ3) is 3.22. The molecule has 0 bridgehead atoms. The molecule has 0 unspecified atom stereocenters. The molecule has 1 aromatic carbocycles. The average molecular weight is 393 g/mol. The van der Waals surface area contributed by atoms with Gasteiger partial charge < -0.3 is 10.6 Å². The highest BCUT2D eigenvalue weighted by Crippen LogP contribution is 2.30. The fraction of sp³-hybridized carbons (Fsp3) is 0.0833. The van der Waals surface area contributed by atoms with E-state index in [-0.39, 0.29) is 11.6 Å². The van der Waals surface area contributed by atoms with Gasteiger partial charge in [-0.3, -0.25) is 0 Å². The highest BCUT2D eigenvalue weighted by molar-refractivity contribution is 9.11. The van der Waals surface area contributed by atoms with E-state index in [1.165, 1.54) is 7.05 Å². The number of halogens is 4. The van der Waals surface area contributed by atoms with Crippen molar-refractivity contribution < 1.29 is 8.78 Å². The van der Waals surface area contributed by atoms with Gasteiger partial charge in [-0.25, -0.2) is 13.8 Å². The molecule has 0 aliphatic carbocycles. The van der Waals surface area contributed by atoms with Crippen LogP contribution in [0, 0.1) is 11.6 Å². The van der Waals surface area contributed by atoms with Gasteiger partial charge in [0.1, 0.15) is 0 Å². The fourth-order valence-corrected chi connectivity index (χ4v) is 2.16. The molecule has 0 saturated carbocycles. The predicted molar refractivity (Wildman–Crippen MR) is 78.8 cm³/mol. The van der Waals surface area contributed by atoms with Crippen molar-refractivity contribution in [2.75, 3.05) is 17.7 Å². The van der Waals surface area contributed by atoms with Crippen LogP contribution in [-0.2, 0) is 0 Å². The van der Waals surface area contributed by atoms with Gasteiger partial charge in [0.15, 0.2) is 23.3 Å². The van der Waals surface area contributed by atoms with Crippen LogP contribution in [0.3, 0.4) is 0 Å². The molecule has 0 radical (unpaired) electrons. The summed E-state index contributed by atoms with van der Waals surface area (Å²) in [6, 6.07) is 6.18. The van der Waals surface area contributed by atoms with Crippen molar-refractivity contribution in [1.29, 1.82) is 0 Å². The van der Waals surface area contributed by atoms with Crippen LogP contribution >= 0.6 is 31.9 Å². The second-order valence-corrected chi connectivity index (χ2v) is 5.42. The van der Waals surface area contributed by atoms with Crippen LogP contribution in [0.15, 0.2) is 33.2 Å². The Morgan fingerprint density at radius 2 is 1.74 bits per heavy atom. The van der Waals surface area contributed by atoms with Crippen LogP contribution in [0.1, 0.15) is 0 Å². The Morgan fingerprint density at radius 1 is 1.05 bits per heavy atom. The average Bonchev–Trinajstić information content (AvgIpc) is 2.37. The van der Waals surface area contributed by atoms with Crippen LogP contribution in [0.2, 0.25) is 0 Å². The number of benzene rings is 1. The first-order valence-electron chi connectivity index (χ1n) is 5.27. The summed E-state index contributed by atoms with van der Waals surface area (Å²) in [5, 5.41) is 5.37. The van der Waals surface area contributed by atoms with Gasteiger partial charge >= 0.3 is 0 Å². The molecule has 0 aliphatic rings. The molecule has 2 aromatic rings. The molecule has 0 fully saturated rings. The standard InChI is InChI=1S/C12H9Br2F2N3/c1-17-11-8(15)5-9(16)12(19-11)18-10-4-6(13)2-3-7(10)14/h2-5H,1H3,(H2,17,18,19). The highest BCUT2D eigenvalue weighted by Gasteiger charge is 2.12. The van der Waals surface area contributed by atoms with Crippen LogP contribution in [0.5, 0.6) is 0 Å². The summed E-state index contributed by atoms with van der Waals surface area (Å²) in [6.07, 6.45) is 0. The van der Waals surface area contributed by atoms with Gasteiger partial charge in [-0.1, -0.05) is 15.9 Å². The van der Waals surface area contributed by atoms with Gasteiger partial charge in [0.05, 0.1) is 5.69 Å². The van der Waals surface area contributed by atoms with Gasteiger partial charge in [0.25, 0.3) is 0 Å². The van der Waals surface area contributed by atoms with Crippen molar-refractivity contribution in [3.63, 3.8) is 0 Å². The predicted octanol–water partition coefficient (Wildman–Crippen LogP) is 4.67. The van der Waals surface area contributed by atoms with E-state index in [1.54, 1.807) is 12.1 Å². The Kier molecular flexibility index (Phi) is 4.36. The van der Waals surface area contributed by atoms with Crippen LogP contribution in [-0.4, -0.2) is 12.0 Å². The molecule has 0 aliphatic heterocycles. The summed E-state index contributed by atoms with van der Waals surface area (Å²) in [4.78, 5) is 3.85. The molecule has 0 amide bonds. The lowest BCUT2D eigenvalue weighted by Crippen LogP contribution is -2.03. The first kappa shape index (κ1) is 14.2. The van der Waals surface area contributed by atoms with Gasteiger partial charge in [-0.15, -0.1) is 0 Å². The van der Waals surface area contributed by atoms with Crippen molar-refractivity contribution in [1.82, 2.24) is 4.98 Å². The maximum atomic E-state index is 13.7. The molecule has 0 spiro atoms. The smallest absolute Gasteiger partial charge is 0.169 e. The van der Waals surface area contributed by atoms with E-state index >= 15 is 0 Å². The number of pyridine rings is 1. The molecule has 2 N–H and O–H groups in total. The van der Waals surface area contributed by atoms with Crippen LogP contribution in [0.4, 0.5) is 26.1 Å². The third-order valence-corrected chi connectivity index (χ3v) is 3.53. The number of hydrogen-bond donors (Lipinski definition) is 2. The highest BCUT2D eigenvalue weighted by atomic mass is 79.9. The lowest BCUT2D eigenvalue weighted by Gasteiger charge is -2.11. The maximum absolute atomic E-state index is 13.7. The Balaban J connectivity index is 2.40. The molecule has 0 saturated heterocycles. The number of hydrogen-bond acceptors (Lipinski definition) is 3. The fourth-order valence-electron chi connectivity index (χ4n) is 1.45. The zero-order chi connectivity index (χ0) is 14.0. The number of rotatable bonds is 3. The summed E-state index contributed by atoms with van der Waals surface area (Å²) in [6.45, 7) is 0. The summed E-state index contributed by atoms with van der Waals surface area (Å²) in [5.74, 6) is -1.57. The van der Waals surface area contributed by atoms with Crippen molar-refractivity contribution in [3.8, 4) is 0 Å². The lowest BCUT2D eigenvalue weighted by molar-refractivity contribution is 0.580. The molecular formula is C12H9Br2F2N3. The van der Waals surface area contributed by atoms with E-state index in [4.69, 9.17) is 0 Å². The quantitative estimate of drug-likeness (QED) is 0.796. The molecule has 7 heteroatoms. The summed E-state index contributed by atoms with van der Waals surface area (Å²) >= 11 is 6.66. The number of anilines is 3. The SMILES string of the molecule is CNc1nc(Nc2cc(Br)ccc2Br)c(F)cc1F. The molecule has 2 rings (SSSR count). The molecule has 1 aromatic heterocycles. The topological polar surface area (TPSA) is 37.0 Å². The van der Waals surface area contributed by atoms with Gasteiger partial charge in [0, 0.05) is 22.1 Å². The Bertz CT molecular complexity index is 620. The van der Waals surface area contributed by atoms with Crippen LogP contribution in [0.25, 0.3) is 0 Å². The molecule has 19 heavy (non-hydrogen) atoms. The summed E-state index contributed by atoms with van der Waals surface area (Å²) in [7, 11) is 1.52. The number of nitrogens with one attached hydrogen (secondary N) is 2. The second-order valence-electron chi connectivity index (χ2n) is 3.65. The minimum Gasteiger partial charge on any atom is -0.371 e. The van der Waals surface area contributed by atoms with Gasteiger partial charge in [-0.05, 0) is 34.1 Å². The molecule has 1 heterocycles. The summed E-state index contributed by atoms with van der Waals surface area (Å²) < 4.78 is 28.5. The van der Waals surface area contributed by atoms with Gasteiger partial charge in [-0.2, -0.15) is 0 Å². The van der Waals surface area contributed by atoms with Gasteiger partial charge in [0.2, 0.25) is 0 Å². The van der Waals surface area contributed by atoms with Crippen molar-refractivity contribution in [2.24, 2.45) is 0 Å². The Hall–Kier alpha value is -1.21. The monoisotopic (exact) mass is 391 g/mol. The first-order chi connectivity index (χ1) is 9.01. The Morgan fingerprint density at radius 3 is 2.42 bits per heavy atom. The first-order valence-corrected chi connectivity index (χ1v) is 6.85. The second kappa shape index (κ2) is 5.83. The Labute approximate surface area is 125 Å². The summed E-state index contributed by atoms with van der Waals surface area (Å²) in [5.41, 5.74) is 0.620. The molecule has 3 nitrogen and oxygen atoms in total. The van der Waals surface area contributed by atoms with E-state index in [9.17, 15) is 8.78 Å². The normalized spacial score (nSPS) is 10.4. The minimum absolute atomic E-state index is 0.0185. The van der Waals surface area contributed by atoms with E-state index in [1.807, 2.05) is 6.07 Å². The van der Waals surface area contributed by atoms with Crippen molar-refractivity contribution >= 4 is 49.2 Å². The van der Waals surface area contributed by atoms with E-state index in [2.05, 4.69) is 47.5 Å². The van der Waals surface area contributed by atoms with E-state index in [0.717, 1.165) is 15.0 Å². The zero-order valence-corrected chi connectivity index (χ0v) is 12.9. The maximum Gasteiger partial charge on any atom is 0.169 e. The molecular weight excluding hydrogens is 384 g/mol. The van der Waals surface area contributed by atoms with E-state index in [0.29, 0.717) is 5.69 Å². The van der Waals surface area contributed by atoms with Crippen LogP contribution < -0.4 is 10.6 Å². The largest absolute Gasteiger partial charge is 0.371 e. The molecule has 0 atom stereocenters. The number of nitrogens with zero attached hydrogens (tertiary/aromatic N) is 1. The number of aromatic nitrogens is 1. The van der Waals surface area contributed by atoms with Crippen molar-refractivity contribution in [2.45, 2.75) is 0 Å². The lowest BCUT2D eigenvalue weighted by atomic mass is 10.3. The minimum atomic E-state index is -0.761.